The van der Waals surface area contributed by atoms with Crippen molar-refractivity contribution in [2.45, 2.75) is 6.04 Å². The van der Waals surface area contributed by atoms with Crippen molar-refractivity contribution in [1.29, 1.82) is 0 Å². The van der Waals surface area contributed by atoms with E-state index in [4.69, 9.17) is 4.74 Å². The molecule has 1 atom stereocenters. The van der Waals surface area contributed by atoms with E-state index in [0.29, 0.717) is 11.3 Å². The van der Waals surface area contributed by atoms with Gasteiger partial charge in [-0.1, -0.05) is 15.9 Å². The third-order valence-corrected chi connectivity index (χ3v) is 3.50. The largest absolute Gasteiger partial charge is 0.496 e. The van der Waals surface area contributed by atoms with Crippen molar-refractivity contribution in [3.63, 3.8) is 0 Å². The minimum atomic E-state index is -0.603. The number of halogens is 3. The summed E-state index contributed by atoms with van der Waals surface area (Å²) >= 11 is 3.39. The van der Waals surface area contributed by atoms with E-state index in [0.717, 1.165) is 16.1 Å². The molecule has 0 amide bonds. The lowest BCUT2D eigenvalue weighted by Gasteiger charge is -2.20. The van der Waals surface area contributed by atoms with E-state index >= 15 is 0 Å². The summed E-state index contributed by atoms with van der Waals surface area (Å²) in [5, 5.41) is 3.06. The van der Waals surface area contributed by atoms with Gasteiger partial charge in [0.05, 0.1) is 13.2 Å². The number of benzene rings is 2. The van der Waals surface area contributed by atoms with Crippen LogP contribution in [0.1, 0.15) is 17.2 Å². The molecule has 0 aliphatic heterocycles. The Hall–Kier alpha value is -1.46. The lowest BCUT2D eigenvalue weighted by atomic mass is 9.97. The van der Waals surface area contributed by atoms with Crippen molar-refractivity contribution in [3.05, 3.63) is 63.6 Å². The number of rotatable bonds is 4. The fourth-order valence-electron chi connectivity index (χ4n) is 2.17. The van der Waals surface area contributed by atoms with E-state index in [1.807, 2.05) is 12.1 Å². The highest BCUT2D eigenvalue weighted by molar-refractivity contribution is 9.10. The molecular formula is C15H14BrF2NO. The molecule has 0 spiro atoms. The Morgan fingerprint density at radius 1 is 1.10 bits per heavy atom. The van der Waals surface area contributed by atoms with Gasteiger partial charge in [-0.3, -0.25) is 0 Å². The Morgan fingerprint density at radius 3 is 2.30 bits per heavy atom. The van der Waals surface area contributed by atoms with E-state index in [-0.39, 0.29) is 6.04 Å². The van der Waals surface area contributed by atoms with Crippen molar-refractivity contribution in [2.75, 3.05) is 14.2 Å². The number of ether oxygens (including phenoxy) is 1. The highest BCUT2D eigenvalue weighted by Crippen LogP contribution is 2.32. The molecule has 1 N–H and O–H groups in total. The van der Waals surface area contributed by atoms with Gasteiger partial charge in [0.25, 0.3) is 0 Å². The molecular weight excluding hydrogens is 328 g/mol. The normalized spacial score (nSPS) is 12.2. The first kappa shape index (κ1) is 14.9. The standard InChI is InChI=1S/C15H14BrF2NO/c1-19-15(9-5-11(17)8-12(18)6-9)13-7-10(16)3-4-14(13)20-2/h3-8,15,19H,1-2H3. The van der Waals surface area contributed by atoms with Gasteiger partial charge in [0.15, 0.2) is 0 Å². The smallest absolute Gasteiger partial charge is 0.126 e. The van der Waals surface area contributed by atoms with Crippen molar-refractivity contribution in [2.24, 2.45) is 0 Å². The fraction of sp³-hybridized carbons (Fsp3) is 0.200. The molecule has 2 aromatic rings. The van der Waals surface area contributed by atoms with Crippen molar-refractivity contribution >= 4 is 15.9 Å². The Morgan fingerprint density at radius 2 is 1.75 bits per heavy atom. The SMILES string of the molecule is CNC(c1cc(F)cc(F)c1)c1cc(Br)ccc1OC. The molecule has 0 fully saturated rings. The van der Waals surface area contributed by atoms with Gasteiger partial charge >= 0.3 is 0 Å². The average Bonchev–Trinajstić information content (AvgIpc) is 2.39. The van der Waals surface area contributed by atoms with Crippen LogP contribution in [0, 0.1) is 11.6 Å². The maximum Gasteiger partial charge on any atom is 0.126 e. The maximum absolute atomic E-state index is 13.4. The zero-order chi connectivity index (χ0) is 14.7. The second-order valence-corrected chi connectivity index (χ2v) is 5.23. The van der Waals surface area contributed by atoms with Crippen LogP contribution in [-0.2, 0) is 0 Å². The molecule has 0 aliphatic rings. The lowest BCUT2D eigenvalue weighted by Crippen LogP contribution is -2.19. The molecule has 5 heteroatoms. The fourth-order valence-corrected chi connectivity index (χ4v) is 2.55. The van der Waals surface area contributed by atoms with Crippen molar-refractivity contribution in [1.82, 2.24) is 5.32 Å². The molecule has 2 aromatic carbocycles. The van der Waals surface area contributed by atoms with Gasteiger partial charge in [-0.05, 0) is 42.9 Å². The molecule has 0 heterocycles. The summed E-state index contributed by atoms with van der Waals surface area (Å²) in [4.78, 5) is 0. The molecule has 0 aliphatic carbocycles. The first-order chi connectivity index (χ1) is 9.55. The molecule has 1 unspecified atom stereocenters. The highest BCUT2D eigenvalue weighted by atomic mass is 79.9. The van der Waals surface area contributed by atoms with Crippen LogP contribution in [0.2, 0.25) is 0 Å². The summed E-state index contributed by atoms with van der Waals surface area (Å²) in [6.45, 7) is 0. The number of nitrogens with one attached hydrogen (secondary N) is 1. The molecule has 2 nitrogen and oxygen atoms in total. The quantitative estimate of drug-likeness (QED) is 0.905. The molecule has 0 aromatic heterocycles. The molecule has 0 saturated carbocycles. The number of hydrogen-bond acceptors (Lipinski definition) is 2. The first-order valence-electron chi connectivity index (χ1n) is 6.02. The summed E-state index contributed by atoms with van der Waals surface area (Å²) in [5.74, 6) is -0.555. The zero-order valence-corrected chi connectivity index (χ0v) is 12.7. The summed E-state index contributed by atoms with van der Waals surface area (Å²) in [7, 11) is 3.29. The monoisotopic (exact) mass is 341 g/mol. The minimum absolute atomic E-state index is 0.368. The minimum Gasteiger partial charge on any atom is -0.496 e. The predicted molar refractivity (Wildman–Crippen MR) is 78.0 cm³/mol. The molecule has 2 rings (SSSR count). The third-order valence-electron chi connectivity index (χ3n) is 3.01. The van der Waals surface area contributed by atoms with Gasteiger partial charge in [-0.15, -0.1) is 0 Å². The summed E-state index contributed by atoms with van der Waals surface area (Å²) in [6, 6.07) is 8.63. The van der Waals surface area contributed by atoms with Crippen molar-refractivity contribution in [3.8, 4) is 5.75 Å². The second kappa shape index (κ2) is 6.33. The second-order valence-electron chi connectivity index (χ2n) is 4.31. The van der Waals surface area contributed by atoms with Crippen LogP contribution < -0.4 is 10.1 Å². The molecule has 0 radical (unpaired) electrons. The highest BCUT2D eigenvalue weighted by Gasteiger charge is 2.18. The number of methoxy groups -OCH3 is 1. The third kappa shape index (κ3) is 3.16. The molecule has 20 heavy (non-hydrogen) atoms. The predicted octanol–water partition coefficient (Wildman–Crippen LogP) is 4.04. The van der Waals surface area contributed by atoms with Crippen molar-refractivity contribution < 1.29 is 13.5 Å². The van der Waals surface area contributed by atoms with Gasteiger partial charge in [0, 0.05) is 16.1 Å². The van der Waals surface area contributed by atoms with Crippen LogP contribution in [0.4, 0.5) is 8.78 Å². The van der Waals surface area contributed by atoms with E-state index in [1.54, 1.807) is 20.2 Å². The lowest BCUT2D eigenvalue weighted by molar-refractivity contribution is 0.405. The number of hydrogen-bond donors (Lipinski definition) is 1. The van der Waals surface area contributed by atoms with Crippen LogP contribution in [0.25, 0.3) is 0 Å². The zero-order valence-electron chi connectivity index (χ0n) is 11.1. The summed E-state index contributed by atoms with van der Waals surface area (Å²) < 4.78 is 33.0. The van der Waals surface area contributed by atoms with Crippen LogP contribution in [0.15, 0.2) is 40.9 Å². The van der Waals surface area contributed by atoms with Gasteiger partial charge < -0.3 is 10.1 Å². The van der Waals surface area contributed by atoms with Crippen LogP contribution >= 0.6 is 15.9 Å². The molecule has 106 valence electrons. The Bertz CT molecular complexity index is 599. The topological polar surface area (TPSA) is 21.3 Å². The Balaban J connectivity index is 2.54. The molecule has 0 saturated heterocycles. The Labute approximate surface area is 124 Å². The summed E-state index contributed by atoms with van der Waals surface area (Å²) in [6.07, 6.45) is 0. The van der Waals surface area contributed by atoms with E-state index in [2.05, 4.69) is 21.2 Å². The first-order valence-corrected chi connectivity index (χ1v) is 6.81. The van der Waals surface area contributed by atoms with Crippen LogP contribution in [0.3, 0.4) is 0 Å². The van der Waals surface area contributed by atoms with Gasteiger partial charge in [-0.25, -0.2) is 8.78 Å². The average molecular weight is 342 g/mol. The summed E-state index contributed by atoms with van der Waals surface area (Å²) in [5.41, 5.74) is 1.30. The maximum atomic E-state index is 13.4. The van der Waals surface area contributed by atoms with E-state index in [1.165, 1.54) is 12.1 Å². The van der Waals surface area contributed by atoms with E-state index in [9.17, 15) is 8.78 Å². The van der Waals surface area contributed by atoms with Crippen LogP contribution in [0.5, 0.6) is 5.75 Å². The Kier molecular flexibility index (Phi) is 4.73. The van der Waals surface area contributed by atoms with Gasteiger partial charge in [-0.2, -0.15) is 0 Å². The van der Waals surface area contributed by atoms with Gasteiger partial charge in [0.1, 0.15) is 17.4 Å². The van der Waals surface area contributed by atoms with E-state index < -0.39 is 11.6 Å². The molecule has 0 bridgehead atoms. The van der Waals surface area contributed by atoms with Gasteiger partial charge in [0.2, 0.25) is 0 Å². The van der Waals surface area contributed by atoms with Crippen LogP contribution in [-0.4, -0.2) is 14.2 Å².